The Kier molecular flexibility index (Phi) is 4.18. The highest BCUT2D eigenvalue weighted by molar-refractivity contribution is 5.71. The highest BCUT2D eigenvalue weighted by Gasteiger charge is 2.34. The van der Waals surface area contributed by atoms with Gasteiger partial charge in [0.15, 0.2) is 11.5 Å². The molecule has 20 heavy (non-hydrogen) atoms. The Bertz CT molecular complexity index is 501. The molecule has 1 atom stereocenters. The number of esters is 1. The molecule has 1 heterocycles. The van der Waals surface area contributed by atoms with Gasteiger partial charge in [-0.25, -0.2) is 0 Å². The van der Waals surface area contributed by atoms with Crippen molar-refractivity contribution < 1.29 is 19.0 Å². The van der Waals surface area contributed by atoms with E-state index >= 15 is 0 Å². The molecule has 0 radical (unpaired) electrons. The second kappa shape index (κ2) is 5.71. The fraction of sp³-hybridized carbons (Fsp3) is 0.533. The lowest BCUT2D eigenvalue weighted by atomic mass is 9.87. The average molecular weight is 279 g/mol. The van der Waals surface area contributed by atoms with Gasteiger partial charge in [-0.2, -0.15) is 0 Å². The van der Waals surface area contributed by atoms with Crippen molar-refractivity contribution in [3.8, 4) is 11.5 Å². The van der Waals surface area contributed by atoms with E-state index in [1.54, 1.807) is 0 Å². The van der Waals surface area contributed by atoms with Crippen LogP contribution in [0.2, 0.25) is 0 Å². The van der Waals surface area contributed by atoms with E-state index in [1.165, 1.54) is 0 Å². The molecule has 5 heteroatoms. The Morgan fingerprint density at radius 1 is 1.35 bits per heavy atom. The third-order valence-electron chi connectivity index (χ3n) is 3.78. The zero-order valence-electron chi connectivity index (χ0n) is 12.4. The van der Waals surface area contributed by atoms with Crippen LogP contribution >= 0.6 is 0 Å². The van der Waals surface area contributed by atoms with E-state index in [0.717, 1.165) is 17.1 Å². The first-order chi connectivity index (χ1) is 9.47. The van der Waals surface area contributed by atoms with Crippen LogP contribution in [0.5, 0.6) is 11.5 Å². The van der Waals surface area contributed by atoms with E-state index < -0.39 is 5.54 Å². The molecule has 0 N–H and O–H groups in total. The molecule has 0 spiro atoms. The SMILES string of the molecule is CCOC(=O)CC(C)(c1ccc2c(c1)OCO2)N(C)C. The molecule has 0 saturated heterocycles. The van der Waals surface area contributed by atoms with Crippen molar-refractivity contribution in [3.63, 3.8) is 0 Å². The monoisotopic (exact) mass is 279 g/mol. The Hall–Kier alpha value is -1.75. The molecule has 110 valence electrons. The maximum atomic E-state index is 11.9. The van der Waals surface area contributed by atoms with Gasteiger partial charge in [-0.3, -0.25) is 9.69 Å². The normalized spacial score (nSPS) is 16.1. The number of fused-ring (bicyclic) bond motifs is 1. The fourth-order valence-electron chi connectivity index (χ4n) is 2.24. The van der Waals surface area contributed by atoms with Gasteiger partial charge in [-0.1, -0.05) is 6.07 Å². The van der Waals surface area contributed by atoms with Crippen molar-refractivity contribution in [3.05, 3.63) is 23.8 Å². The molecule has 1 aliphatic rings. The van der Waals surface area contributed by atoms with Crippen LogP contribution in [-0.2, 0) is 15.1 Å². The molecule has 2 rings (SSSR count). The number of ether oxygens (including phenoxy) is 3. The van der Waals surface area contributed by atoms with Crippen LogP contribution in [-0.4, -0.2) is 38.4 Å². The molecule has 0 saturated carbocycles. The molecule has 1 unspecified atom stereocenters. The maximum Gasteiger partial charge on any atom is 0.307 e. The highest BCUT2D eigenvalue weighted by atomic mass is 16.7. The van der Waals surface area contributed by atoms with E-state index in [1.807, 2.05) is 51.0 Å². The molecular weight excluding hydrogens is 258 g/mol. The van der Waals surface area contributed by atoms with E-state index in [-0.39, 0.29) is 19.2 Å². The van der Waals surface area contributed by atoms with Gasteiger partial charge in [0.05, 0.1) is 18.6 Å². The highest BCUT2D eigenvalue weighted by Crippen LogP contribution is 2.38. The number of carbonyl (C=O) groups is 1. The summed E-state index contributed by atoms with van der Waals surface area (Å²) in [6.07, 6.45) is 0.285. The van der Waals surface area contributed by atoms with Crippen molar-refractivity contribution >= 4 is 5.97 Å². The molecule has 0 aliphatic carbocycles. The van der Waals surface area contributed by atoms with Crippen LogP contribution in [0.3, 0.4) is 0 Å². The minimum absolute atomic E-state index is 0.207. The van der Waals surface area contributed by atoms with Crippen molar-refractivity contribution in [2.75, 3.05) is 27.5 Å². The number of benzene rings is 1. The van der Waals surface area contributed by atoms with Gasteiger partial charge in [0.25, 0.3) is 0 Å². The Morgan fingerprint density at radius 2 is 2.05 bits per heavy atom. The van der Waals surface area contributed by atoms with Gasteiger partial charge in [-0.05, 0) is 45.6 Å². The summed E-state index contributed by atoms with van der Waals surface area (Å²) in [4.78, 5) is 13.9. The molecule has 1 aromatic carbocycles. The lowest BCUT2D eigenvalue weighted by molar-refractivity contribution is -0.146. The first kappa shape index (κ1) is 14.7. The zero-order chi connectivity index (χ0) is 14.8. The van der Waals surface area contributed by atoms with Crippen LogP contribution in [0.25, 0.3) is 0 Å². The Balaban J connectivity index is 2.30. The quantitative estimate of drug-likeness (QED) is 0.773. The van der Waals surface area contributed by atoms with Crippen LogP contribution < -0.4 is 9.47 Å². The number of nitrogens with zero attached hydrogens (tertiary/aromatic N) is 1. The van der Waals surface area contributed by atoms with E-state index in [0.29, 0.717) is 6.61 Å². The van der Waals surface area contributed by atoms with Crippen LogP contribution in [0.15, 0.2) is 18.2 Å². The molecule has 0 aromatic heterocycles. The molecule has 5 nitrogen and oxygen atoms in total. The lowest BCUT2D eigenvalue weighted by Gasteiger charge is -2.36. The summed E-state index contributed by atoms with van der Waals surface area (Å²) >= 11 is 0. The second-order valence-electron chi connectivity index (χ2n) is 5.22. The predicted octanol–water partition coefficient (Wildman–Crippen LogP) is 2.15. The smallest absolute Gasteiger partial charge is 0.307 e. The molecular formula is C15H21NO4. The van der Waals surface area contributed by atoms with Crippen molar-refractivity contribution in [1.82, 2.24) is 4.90 Å². The second-order valence-corrected chi connectivity index (χ2v) is 5.22. The summed E-state index contributed by atoms with van der Waals surface area (Å²) in [6, 6.07) is 5.78. The number of hydrogen-bond donors (Lipinski definition) is 0. The summed E-state index contributed by atoms with van der Waals surface area (Å²) < 4.78 is 15.8. The third kappa shape index (κ3) is 2.72. The van der Waals surface area contributed by atoms with E-state index in [2.05, 4.69) is 0 Å². The first-order valence-electron chi connectivity index (χ1n) is 6.70. The Morgan fingerprint density at radius 3 is 2.70 bits per heavy atom. The van der Waals surface area contributed by atoms with Crippen molar-refractivity contribution in [2.45, 2.75) is 25.8 Å². The number of rotatable bonds is 5. The first-order valence-corrected chi connectivity index (χ1v) is 6.70. The standard InChI is InChI=1S/C15H21NO4/c1-5-18-14(17)9-15(2,16(3)4)11-6-7-12-13(8-11)20-10-19-12/h6-8H,5,9-10H2,1-4H3. The van der Waals surface area contributed by atoms with Gasteiger partial charge >= 0.3 is 5.97 Å². The summed E-state index contributed by atoms with van der Waals surface area (Å²) in [6.45, 7) is 4.46. The lowest BCUT2D eigenvalue weighted by Crippen LogP contribution is -2.40. The molecule has 0 bridgehead atoms. The van der Waals surface area contributed by atoms with Crippen molar-refractivity contribution in [2.24, 2.45) is 0 Å². The molecule has 0 amide bonds. The topological polar surface area (TPSA) is 48.0 Å². The van der Waals surface area contributed by atoms with Gasteiger partial charge in [0, 0.05) is 0 Å². The summed E-state index contributed by atoms with van der Waals surface area (Å²) in [5.74, 6) is 1.26. The minimum Gasteiger partial charge on any atom is -0.466 e. The third-order valence-corrected chi connectivity index (χ3v) is 3.78. The Labute approximate surface area is 119 Å². The largest absolute Gasteiger partial charge is 0.466 e. The maximum absolute atomic E-state index is 11.9. The van der Waals surface area contributed by atoms with Gasteiger partial charge in [0.2, 0.25) is 6.79 Å². The molecule has 1 aliphatic heterocycles. The average Bonchev–Trinajstić information content (AvgIpc) is 2.85. The van der Waals surface area contributed by atoms with Crippen molar-refractivity contribution in [1.29, 1.82) is 0 Å². The van der Waals surface area contributed by atoms with Crippen LogP contribution in [0.4, 0.5) is 0 Å². The molecule has 0 fully saturated rings. The fourth-order valence-corrected chi connectivity index (χ4v) is 2.24. The minimum atomic E-state index is -0.451. The van der Waals surface area contributed by atoms with E-state index in [9.17, 15) is 4.79 Å². The zero-order valence-corrected chi connectivity index (χ0v) is 12.4. The number of hydrogen-bond acceptors (Lipinski definition) is 5. The van der Waals surface area contributed by atoms with Crippen LogP contribution in [0, 0.1) is 0 Å². The molecule has 1 aromatic rings. The van der Waals surface area contributed by atoms with Crippen LogP contribution in [0.1, 0.15) is 25.8 Å². The van der Waals surface area contributed by atoms with Gasteiger partial charge in [0.1, 0.15) is 0 Å². The predicted molar refractivity (Wildman–Crippen MR) is 74.9 cm³/mol. The summed E-state index contributed by atoms with van der Waals surface area (Å²) in [5, 5.41) is 0. The number of carbonyl (C=O) groups excluding carboxylic acids is 1. The van der Waals surface area contributed by atoms with E-state index in [4.69, 9.17) is 14.2 Å². The van der Waals surface area contributed by atoms with Gasteiger partial charge < -0.3 is 14.2 Å². The summed E-state index contributed by atoms with van der Waals surface area (Å²) in [7, 11) is 3.90. The summed E-state index contributed by atoms with van der Waals surface area (Å²) in [5.41, 5.74) is 0.549. The van der Waals surface area contributed by atoms with Gasteiger partial charge in [-0.15, -0.1) is 0 Å².